The normalized spacial score (nSPS) is 11.5. The molecule has 0 aliphatic carbocycles. The van der Waals surface area contributed by atoms with E-state index in [1.54, 1.807) is 13.0 Å². The van der Waals surface area contributed by atoms with Crippen LogP contribution < -0.4 is 0 Å². The summed E-state index contributed by atoms with van der Waals surface area (Å²) in [5, 5.41) is 0. The molecule has 0 atom stereocenters. The SMILES string of the molecule is C=BC/C=C\C(C=O)=N/CC. The van der Waals surface area contributed by atoms with E-state index >= 15 is 0 Å². The van der Waals surface area contributed by atoms with Crippen LogP contribution in [0.2, 0.25) is 6.32 Å². The van der Waals surface area contributed by atoms with Crippen LogP contribution in [0.5, 0.6) is 0 Å². The van der Waals surface area contributed by atoms with Gasteiger partial charge in [0.25, 0.3) is 0 Å². The molecule has 0 spiro atoms. The topological polar surface area (TPSA) is 29.4 Å². The van der Waals surface area contributed by atoms with E-state index in [-0.39, 0.29) is 0 Å². The Kier molecular flexibility index (Phi) is 6.49. The molecule has 3 heteroatoms. The average molecular weight is 149 g/mol. The zero-order chi connectivity index (χ0) is 8.53. The van der Waals surface area contributed by atoms with Crippen LogP contribution in [-0.4, -0.2) is 31.9 Å². The summed E-state index contributed by atoms with van der Waals surface area (Å²) in [6.07, 6.45) is 5.09. The van der Waals surface area contributed by atoms with Crippen LogP contribution in [0.25, 0.3) is 0 Å². The van der Waals surface area contributed by atoms with Crippen LogP contribution in [0.4, 0.5) is 0 Å². The average Bonchev–Trinajstić information content (AvgIpc) is 2.03. The summed E-state index contributed by atoms with van der Waals surface area (Å²) in [5.41, 5.74) is 0.495. The minimum atomic E-state index is 0.495. The third-order valence-corrected chi connectivity index (χ3v) is 1.05. The number of hydrogen-bond donors (Lipinski definition) is 0. The van der Waals surface area contributed by atoms with Crippen molar-refractivity contribution >= 4 is 25.4 Å². The van der Waals surface area contributed by atoms with Crippen LogP contribution in [-0.2, 0) is 4.79 Å². The van der Waals surface area contributed by atoms with Crippen LogP contribution in [0.1, 0.15) is 6.92 Å². The number of aliphatic imine (C=N–C) groups is 1. The number of nitrogens with zero attached hydrogens (tertiary/aromatic N) is 1. The fourth-order valence-corrected chi connectivity index (χ4v) is 0.597. The molecule has 11 heavy (non-hydrogen) atoms. The third-order valence-electron chi connectivity index (χ3n) is 1.05. The summed E-state index contributed by atoms with van der Waals surface area (Å²) in [7, 11) is 0. The Labute approximate surface area is 67.9 Å². The molecule has 0 N–H and O–H groups in total. The molecule has 0 radical (unpaired) electrons. The molecular weight excluding hydrogens is 137 g/mol. The summed E-state index contributed by atoms with van der Waals surface area (Å²) in [6.45, 7) is 7.86. The summed E-state index contributed by atoms with van der Waals surface area (Å²) < 4.78 is 0. The number of carbonyl (C=O) groups excluding carboxylic acids is 1. The Morgan fingerprint density at radius 1 is 1.73 bits per heavy atom. The van der Waals surface area contributed by atoms with Gasteiger partial charge in [0.05, 0.1) is 0 Å². The monoisotopic (exact) mass is 149 g/mol. The van der Waals surface area contributed by atoms with Gasteiger partial charge in [0, 0.05) is 0 Å². The van der Waals surface area contributed by atoms with Gasteiger partial charge in [-0.1, -0.05) is 0 Å². The predicted molar refractivity (Wildman–Crippen MR) is 50.9 cm³/mol. The molecule has 58 valence electrons. The van der Waals surface area contributed by atoms with E-state index in [0.29, 0.717) is 12.3 Å². The second-order valence-corrected chi connectivity index (χ2v) is 1.94. The molecule has 0 aromatic carbocycles. The number of hydrogen-bond acceptors (Lipinski definition) is 2. The van der Waals surface area contributed by atoms with Crippen molar-refractivity contribution in [1.29, 1.82) is 0 Å². The summed E-state index contributed by atoms with van der Waals surface area (Å²) >= 11 is 0. The van der Waals surface area contributed by atoms with E-state index in [1.807, 2.05) is 13.0 Å². The maximum absolute atomic E-state index is 10.3. The fourth-order valence-electron chi connectivity index (χ4n) is 0.597. The Balaban J connectivity index is 3.96. The number of carbonyl (C=O) groups is 1. The van der Waals surface area contributed by atoms with Crippen LogP contribution >= 0.6 is 0 Å². The van der Waals surface area contributed by atoms with Crippen molar-refractivity contribution < 1.29 is 4.79 Å². The minimum absolute atomic E-state index is 0.495. The fraction of sp³-hybridized carbons (Fsp3) is 0.375. The standard InChI is InChI=1S/C8H12BNO/c1-3-10-8(7-11)5-4-6-9-2/h4-5,7H,2-3,6H2,1H3/b5-4-,10-8+. The van der Waals surface area contributed by atoms with Crippen molar-refractivity contribution in [1.82, 2.24) is 0 Å². The summed E-state index contributed by atoms with van der Waals surface area (Å²) in [5.74, 6) is 0. The van der Waals surface area contributed by atoms with Gasteiger partial charge in [-0.15, -0.1) is 0 Å². The first-order valence-electron chi connectivity index (χ1n) is 3.62. The first-order chi connectivity index (χ1) is 5.35. The maximum atomic E-state index is 10.3. The Hall–Kier alpha value is -0.985. The van der Waals surface area contributed by atoms with Crippen molar-refractivity contribution in [2.75, 3.05) is 6.54 Å². The molecule has 0 heterocycles. The molecule has 2 nitrogen and oxygen atoms in total. The first-order valence-corrected chi connectivity index (χ1v) is 3.62. The Morgan fingerprint density at radius 2 is 2.45 bits per heavy atom. The van der Waals surface area contributed by atoms with Crippen LogP contribution in [0.15, 0.2) is 17.1 Å². The van der Waals surface area contributed by atoms with E-state index in [1.165, 1.54) is 0 Å². The molecule has 0 aromatic rings. The molecule has 0 bridgehead atoms. The van der Waals surface area contributed by atoms with Gasteiger partial charge in [0.2, 0.25) is 0 Å². The van der Waals surface area contributed by atoms with Gasteiger partial charge in [-0.3, -0.25) is 0 Å². The molecule has 0 saturated heterocycles. The van der Waals surface area contributed by atoms with Crippen LogP contribution in [0, 0.1) is 0 Å². The molecule has 0 aliphatic heterocycles. The van der Waals surface area contributed by atoms with Crippen LogP contribution in [0.3, 0.4) is 0 Å². The molecule has 0 unspecified atom stereocenters. The third kappa shape index (κ3) is 5.46. The summed E-state index contributed by atoms with van der Waals surface area (Å²) in [6, 6.07) is 0. The van der Waals surface area contributed by atoms with E-state index in [2.05, 4.69) is 11.5 Å². The zero-order valence-corrected chi connectivity index (χ0v) is 6.79. The van der Waals surface area contributed by atoms with Crippen molar-refractivity contribution in [2.24, 2.45) is 4.99 Å². The van der Waals surface area contributed by atoms with Gasteiger partial charge in [0.1, 0.15) is 0 Å². The van der Waals surface area contributed by atoms with Gasteiger partial charge in [0.15, 0.2) is 0 Å². The quantitative estimate of drug-likeness (QED) is 0.322. The van der Waals surface area contributed by atoms with Gasteiger partial charge in [-0.25, -0.2) is 0 Å². The zero-order valence-electron chi connectivity index (χ0n) is 6.79. The predicted octanol–water partition coefficient (Wildman–Crippen LogP) is 0.757. The van der Waals surface area contributed by atoms with Crippen molar-refractivity contribution in [3.8, 4) is 0 Å². The molecule has 0 rings (SSSR count). The van der Waals surface area contributed by atoms with Crippen molar-refractivity contribution in [3.63, 3.8) is 0 Å². The van der Waals surface area contributed by atoms with Crippen molar-refractivity contribution in [2.45, 2.75) is 13.2 Å². The molecule has 0 saturated carbocycles. The van der Waals surface area contributed by atoms with Gasteiger partial charge in [-0.05, 0) is 0 Å². The Morgan fingerprint density at radius 3 is 2.91 bits per heavy atom. The first kappa shape index (κ1) is 10.0. The van der Waals surface area contributed by atoms with Crippen molar-refractivity contribution in [3.05, 3.63) is 12.2 Å². The molecule has 0 aromatic heterocycles. The second-order valence-electron chi connectivity index (χ2n) is 1.94. The molecular formula is C8H12BNO. The summed E-state index contributed by atoms with van der Waals surface area (Å²) in [4.78, 5) is 14.2. The van der Waals surface area contributed by atoms with Gasteiger partial charge < -0.3 is 0 Å². The number of aldehydes is 1. The molecule has 0 aliphatic rings. The number of rotatable bonds is 5. The van der Waals surface area contributed by atoms with E-state index in [4.69, 9.17) is 0 Å². The van der Waals surface area contributed by atoms with Gasteiger partial charge in [-0.2, -0.15) is 0 Å². The van der Waals surface area contributed by atoms with E-state index in [0.717, 1.165) is 12.6 Å². The molecule has 0 amide bonds. The van der Waals surface area contributed by atoms with E-state index in [9.17, 15) is 4.79 Å². The van der Waals surface area contributed by atoms with Gasteiger partial charge >= 0.3 is 67.1 Å². The second kappa shape index (κ2) is 7.13. The van der Waals surface area contributed by atoms with E-state index < -0.39 is 0 Å². The number of allylic oxidation sites excluding steroid dienone is 2. The molecule has 0 fully saturated rings. The Bertz CT molecular complexity index is 185.